The van der Waals surface area contributed by atoms with Crippen molar-refractivity contribution < 1.29 is 0 Å². The zero-order valence-corrected chi connectivity index (χ0v) is 11.5. The number of rotatable bonds is 3. The molecule has 6 heteroatoms. The van der Waals surface area contributed by atoms with Crippen LogP contribution < -0.4 is 10.6 Å². The Morgan fingerprint density at radius 3 is 2.85 bits per heavy atom. The molecule has 0 aliphatic carbocycles. The van der Waals surface area contributed by atoms with Gasteiger partial charge in [-0.15, -0.1) is 0 Å². The van der Waals surface area contributed by atoms with Gasteiger partial charge in [-0.1, -0.05) is 18.2 Å². The van der Waals surface area contributed by atoms with E-state index < -0.39 is 0 Å². The van der Waals surface area contributed by atoms with Crippen molar-refractivity contribution in [3.8, 4) is 0 Å². The molecule has 2 aromatic heterocycles. The SMILES string of the molecule is CN(Cc1ccccc1N)c1ncnc2c1cnn2C. The summed E-state index contributed by atoms with van der Waals surface area (Å²) in [5.41, 5.74) is 8.67. The second kappa shape index (κ2) is 4.80. The summed E-state index contributed by atoms with van der Waals surface area (Å²) < 4.78 is 1.74. The van der Waals surface area contributed by atoms with E-state index in [4.69, 9.17) is 5.73 Å². The fraction of sp³-hybridized carbons (Fsp3) is 0.214. The van der Waals surface area contributed by atoms with E-state index >= 15 is 0 Å². The number of aromatic nitrogens is 4. The number of benzene rings is 1. The van der Waals surface area contributed by atoms with Gasteiger partial charge in [0.05, 0.1) is 11.6 Å². The van der Waals surface area contributed by atoms with Gasteiger partial charge in [0.2, 0.25) is 0 Å². The number of hydrogen-bond donors (Lipinski definition) is 1. The van der Waals surface area contributed by atoms with Crippen LogP contribution in [0.2, 0.25) is 0 Å². The number of para-hydroxylation sites is 1. The minimum absolute atomic E-state index is 0.688. The van der Waals surface area contributed by atoms with Gasteiger partial charge in [0.25, 0.3) is 0 Å². The maximum atomic E-state index is 5.99. The molecule has 0 aliphatic heterocycles. The molecule has 0 fully saturated rings. The Bertz CT molecular complexity index is 748. The lowest BCUT2D eigenvalue weighted by Gasteiger charge is -2.19. The summed E-state index contributed by atoms with van der Waals surface area (Å²) >= 11 is 0. The molecule has 0 saturated carbocycles. The summed E-state index contributed by atoms with van der Waals surface area (Å²) in [4.78, 5) is 10.7. The Balaban J connectivity index is 1.97. The molecular formula is C14H16N6. The molecule has 2 heterocycles. The number of nitrogen functional groups attached to an aromatic ring is 1. The van der Waals surface area contributed by atoms with E-state index in [2.05, 4.69) is 20.0 Å². The lowest BCUT2D eigenvalue weighted by Crippen LogP contribution is -2.19. The molecule has 3 rings (SSSR count). The van der Waals surface area contributed by atoms with Gasteiger partial charge in [-0.3, -0.25) is 4.68 Å². The summed E-state index contributed by atoms with van der Waals surface area (Å²) in [6.45, 7) is 0.688. The van der Waals surface area contributed by atoms with Crippen LogP contribution in [-0.4, -0.2) is 26.8 Å². The summed E-state index contributed by atoms with van der Waals surface area (Å²) in [6.07, 6.45) is 3.35. The van der Waals surface area contributed by atoms with Crippen molar-refractivity contribution in [3.63, 3.8) is 0 Å². The minimum atomic E-state index is 0.688. The quantitative estimate of drug-likeness (QED) is 0.730. The Kier molecular flexibility index (Phi) is 2.98. The molecule has 0 atom stereocenters. The Morgan fingerprint density at radius 1 is 1.25 bits per heavy atom. The molecule has 0 unspecified atom stereocenters. The maximum absolute atomic E-state index is 5.99. The number of nitrogens with zero attached hydrogens (tertiary/aromatic N) is 5. The maximum Gasteiger partial charge on any atom is 0.163 e. The smallest absolute Gasteiger partial charge is 0.163 e. The monoisotopic (exact) mass is 268 g/mol. The lowest BCUT2D eigenvalue weighted by atomic mass is 10.1. The first-order valence-electron chi connectivity index (χ1n) is 6.34. The van der Waals surface area contributed by atoms with E-state index in [1.54, 1.807) is 17.2 Å². The zero-order chi connectivity index (χ0) is 14.1. The van der Waals surface area contributed by atoms with E-state index in [1.807, 2.05) is 38.4 Å². The summed E-state index contributed by atoms with van der Waals surface area (Å²) in [6, 6.07) is 7.85. The van der Waals surface area contributed by atoms with E-state index in [0.29, 0.717) is 6.54 Å². The Hall–Kier alpha value is -2.63. The zero-order valence-electron chi connectivity index (χ0n) is 11.5. The van der Waals surface area contributed by atoms with Crippen LogP contribution in [0.3, 0.4) is 0 Å². The van der Waals surface area contributed by atoms with Crippen molar-refractivity contribution in [2.45, 2.75) is 6.54 Å². The Labute approximate surface area is 116 Å². The summed E-state index contributed by atoms with van der Waals surface area (Å²) in [7, 11) is 3.86. The molecule has 102 valence electrons. The lowest BCUT2D eigenvalue weighted by molar-refractivity contribution is 0.785. The van der Waals surface area contributed by atoms with Crippen LogP contribution in [0.15, 0.2) is 36.8 Å². The van der Waals surface area contributed by atoms with Crippen LogP contribution >= 0.6 is 0 Å². The van der Waals surface area contributed by atoms with Crippen LogP contribution in [0.25, 0.3) is 11.0 Å². The van der Waals surface area contributed by atoms with Gasteiger partial charge in [0.15, 0.2) is 5.65 Å². The van der Waals surface area contributed by atoms with Gasteiger partial charge in [0.1, 0.15) is 12.1 Å². The topological polar surface area (TPSA) is 72.9 Å². The van der Waals surface area contributed by atoms with Crippen LogP contribution in [0.5, 0.6) is 0 Å². The normalized spacial score (nSPS) is 10.9. The molecule has 1 aromatic carbocycles. The number of hydrogen-bond acceptors (Lipinski definition) is 5. The predicted octanol–water partition coefficient (Wildman–Crippen LogP) is 1.58. The first-order chi connectivity index (χ1) is 9.66. The molecular weight excluding hydrogens is 252 g/mol. The first-order valence-corrected chi connectivity index (χ1v) is 6.34. The molecule has 6 nitrogen and oxygen atoms in total. The molecule has 0 bridgehead atoms. The van der Waals surface area contributed by atoms with Crippen LogP contribution in [0.4, 0.5) is 11.5 Å². The summed E-state index contributed by atoms with van der Waals surface area (Å²) in [5, 5.41) is 5.16. The van der Waals surface area contributed by atoms with Crippen LogP contribution in [-0.2, 0) is 13.6 Å². The molecule has 0 radical (unpaired) electrons. The van der Waals surface area contributed by atoms with Gasteiger partial charge in [-0.2, -0.15) is 5.10 Å². The van der Waals surface area contributed by atoms with Crippen molar-refractivity contribution in [1.82, 2.24) is 19.7 Å². The van der Waals surface area contributed by atoms with Crippen molar-refractivity contribution in [3.05, 3.63) is 42.4 Å². The average molecular weight is 268 g/mol. The average Bonchev–Trinajstić information content (AvgIpc) is 2.83. The van der Waals surface area contributed by atoms with Crippen LogP contribution in [0.1, 0.15) is 5.56 Å². The third kappa shape index (κ3) is 2.05. The second-order valence-corrected chi connectivity index (χ2v) is 4.76. The molecule has 3 aromatic rings. The van der Waals surface area contributed by atoms with Crippen molar-refractivity contribution in [2.75, 3.05) is 17.7 Å². The van der Waals surface area contributed by atoms with Gasteiger partial charge in [0, 0.05) is 26.3 Å². The van der Waals surface area contributed by atoms with E-state index in [0.717, 1.165) is 28.1 Å². The van der Waals surface area contributed by atoms with Crippen molar-refractivity contribution in [1.29, 1.82) is 0 Å². The molecule has 2 N–H and O–H groups in total. The van der Waals surface area contributed by atoms with Gasteiger partial charge >= 0.3 is 0 Å². The highest BCUT2D eigenvalue weighted by Crippen LogP contribution is 2.23. The molecule has 0 saturated heterocycles. The van der Waals surface area contributed by atoms with E-state index in [9.17, 15) is 0 Å². The third-order valence-corrected chi connectivity index (χ3v) is 3.33. The fourth-order valence-corrected chi connectivity index (χ4v) is 2.26. The van der Waals surface area contributed by atoms with Gasteiger partial charge in [-0.05, 0) is 11.6 Å². The first kappa shape index (κ1) is 12.4. The number of fused-ring (bicyclic) bond motifs is 1. The summed E-state index contributed by atoms with van der Waals surface area (Å²) in [5.74, 6) is 0.853. The van der Waals surface area contributed by atoms with Gasteiger partial charge in [-0.25, -0.2) is 9.97 Å². The van der Waals surface area contributed by atoms with Crippen molar-refractivity contribution in [2.24, 2.45) is 7.05 Å². The van der Waals surface area contributed by atoms with Crippen LogP contribution in [0, 0.1) is 0 Å². The highest BCUT2D eigenvalue weighted by atomic mass is 15.3. The predicted molar refractivity (Wildman–Crippen MR) is 79.3 cm³/mol. The fourth-order valence-electron chi connectivity index (χ4n) is 2.26. The van der Waals surface area contributed by atoms with E-state index in [1.165, 1.54) is 0 Å². The molecule has 20 heavy (non-hydrogen) atoms. The highest BCUT2D eigenvalue weighted by molar-refractivity contribution is 5.86. The minimum Gasteiger partial charge on any atom is -0.398 e. The molecule has 0 spiro atoms. The third-order valence-electron chi connectivity index (χ3n) is 3.33. The largest absolute Gasteiger partial charge is 0.398 e. The standard InChI is InChI=1S/C14H16N6/c1-19(8-10-5-3-4-6-12(10)15)13-11-7-18-20(2)14(11)17-9-16-13/h3-7,9H,8,15H2,1-2H3. The molecule has 0 aliphatic rings. The van der Waals surface area contributed by atoms with E-state index in [-0.39, 0.29) is 0 Å². The number of anilines is 2. The molecule has 0 amide bonds. The highest BCUT2D eigenvalue weighted by Gasteiger charge is 2.12. The van der Waals surface area contributed by atoms with Crippen molar-refractivity contribution >= 4 is 22.5 Å². The number of nitrogens with two attached hydrogens (primary N) is 1. The van der Waals surface area contributed by atoms with Gasteiger partial charge < -0.3 is 10.6 Å². The second-order valence-electron chi connectivity index (χ2n) is 4.76. The Morgan fingerprint density at radius 2 is 2.05 bits per heavy atom. The number of aryl methyl sites for hydroxylation is 1.